The lowest BCUT2D eigenvalue weighted by Crippen LogP contribution is -2.65. The Morgan fingerprint density at radius 3 is 1.12 bits per heavy atom. The van der Waals surface area contributed by atoms with Gasteiger partial charge < -0.3 is 35.7 Å². The van der Waals surface area contributed by atoms with Crippen molar-refractivity contribution < 1.29 is 40.3 Å². The molecule has 6 atom stereocenters. The zero-order valence-electron chi connectivity index (χ0n) is 54.2. The molecule has 2 aromatic heterocycles. The molecule has 12 heteroatoms. The molecule has 0 aliphatic carbocycles. The van der Waals surface area contributed by atoms with Gasteiger partial charge in [-0.05, 0) is 89.8 Å². The molecule has 2 aliphatic rings. The third kappa shape index (κ3) is 12.6. The van der Waals surface area contributed by atoms with Crippen LogP contribution in [0.4, 0.5) is 0 Å². The normalized spacial score (nSPS) is 20.9. The highest BCUT2D eigenvalue weighted by Gasteiger charge is 2.53. The third-order valence-electron chi connectivity index (χ3n) is 16.4. The highest BCUT2D eigenvalue weighted by atomic mass is 31.1. The SMILES string of the molecule is CO[C@H]1O[C@@H]2COC(c3ccccc3)O[C@H]2[C@H](Op2oc3c(C(C)(C)C)cc(C(C)(C)C)cc3c3cc(C(C)(C)C)cc(C(C)(C)C)c3o2)[C@H]1Np1oc2c(C(C)(C)C)cc(C(C)(C)C)cc2c2cc(C(C)(C)C)cc(C(C)(C)C)c2o1. The molecule has 7 aromatic rings. The van der Waals surface area contributed by atoms with Gasteiger partial charge in [0, 0.05) is 56.5 Å². The largest absolute Gasteiger partial charge is 0.408 e. The van der Waals surface area contributed by atoms with E-state index in [1.165, 1.54) is 22.3 Å². The Morgan fingerprint density at radius 2 is 0.793 bits per heavy atom. The van der Waals surface area contributed by atoms with Crippen molar-refractivity contribution in [1.29, 1.82) is 0 Å². The first-order chi connectivity index (χ1) is 37.6. The van der Waals surface area contributed by atoms with Gasteiger partial charge in [0.1, 0.15) is 46.7 Å². The van der Waals surface area contributed by atoms with Gasteiger partial charge >= 0.3 is 16.4 Å². The van der Waals surface area contributed by atoms with Crippen LogP contribution in [0.25, 0.3) is 43.9 Å². The molecule has 1 N–H and O–H groups in total. The molecule has 1 unspecified atom stereocenters. The van der Waals surface area contributed by atoms with Crippen molar-refractivity contribution >= 4 is 60.3 Å². The Kier molecular flexibility index (Phi) is 16.4. The van der Waals surface area contributed by atoms with Crippen molar-refractivity contribution in [1.82, 2.24) is 0 Å². The van der Waals surface area contributed by atoms with E-state index < -0.39 is 53.3 Å². The first kappa shape index (κ1) is 62.2. The number of benzene rings is 5. The van der Waals surface area contributed by atoms with Gasteiger partial charge in [-0.25, -0.2) is 5.09 Å². The van der Waals surface area contributed by atoms with Crippen molar-refractivity contribution in [3.05, 3.63) is 129 Å². The molecule has 2 aliphatic heterocycles. The van der Waals surface area contributed by atoms with Gasteiger partial charge in [0.15, 0.2) is 12.6 Å². The maximum absolute atomic E-state index is 7.75. The minimum Gasteiger partial charge on any atom is -0.408 e. The van der Waals surface area contributed by atoms with Crippen LogP contribution in [0, 0.1) is 0 Å². The van der Waals surface area contributed by atoms with Gasteiger partial charge in [0.2, 0.25) is 0 Å². The summed E-state index contributed by atoms with van der Waals surface area (Å²) in [6.07, 6.45) is -3.82. The van der Waals surface area contributed by atoms with E-state index in [9.17, 15) is 0 Å². The fourth-order valence-electron chi connectivity index (χ4n) is 11.2. The van der Waals surface area contributed by atoms with Crippen LogP contribution in [0.5, 0.6) is 0 Å². The molecule has 2 fully saturated rings. The molecule has 0 radical (unpaired) electrons. The minimum atomic E-state index is -2.28. The van der Waals surface area contributed by atoms with Gasteiger partial charge in [-0.3, -0.25) is 4.52 Å². The summed E-state index contributed by atoms with van der Waals surface area (Å²) in [5.74, 6) is 0. The van der Waals surface area contributed by atoms with Crippen LogP contribution in [0.2, 0.25) is 0 Å². The average Bonchev–Trinajstić information content (AvgIpc) is 3.41. The van der Waals surface area contributed by atoms with Crippen molar-refractivity contribution in [2.75, 3.05) is 18.8 Å². The monoisotopic (exact) mass is 1160 g/mol. The number of hydrogen-bond donors (Lipinski definition) is 1. The summed E-state index contributed by atoms with van der Waals surface area (Å²) in [4.78, 5) is 0. The van der Waals surface area contributed by atoms with E-state index in [-0.39, 0.29) is 49.9 Å². The second-order valence-electron chi connectivity index (χ2n) is 31.6. The summed E-state index contributed by atoms with van der Waals surface area (Å²) < 4.78 is 65.1. The maximum atomic E-state index is 7.75. The molecule has 0 spiro atoms. The number of ether oxygens (including phenoxy) is 4. The van der Waals surface area contributed by atoms with E-state index in [0.717, 1.165) is 71.7 Å². The molecular formula is C70H97NO9P2. The Hall–Kier alpha value is -4.34. The quantitative estimate of drug-likeness (QED) is 0.173. The number of nitrogens with one attached hydrogen (secondary N) is 1. The summed E-state index contributed by atoms with van der Waals surface area (Å²) in [5.41, 5.74) is 11.1. The first-order valence-corrected chi connectivity index (χ1v) is 31.9. The second-order valence-corrected chi connectivity index (χ2v) is 33.8. The van der Waals surface area contributed by atoms with Crippen molar-refractivity contribution in [2.24, 2.45) is 0 Å². The van der Waals surface area contributed by atoms with Gasteiger partial charge in [-0.15, -0.1) is 0 Å². The topological polar surface area (TPSA) is 111 Å². The van der Waals surface area contributed by atoms with Crippen molar-refractivity contribution in [3.63, 3.8) is 0 Å². The highest BCUT2D eigenvalue weighted by Crippen LogP contribution is 2.50. The van der Waals surface area contributed by atoms with Crippen molar-refractivity contribution in [3.8, 4) is 0 Å². The summed E-state index contributed by atoms with van der Waals surface area (Å²) in [6.45, 7) is 54.6. The molecule has 82 heavy (non-hydrogen) atoms. The summed E-state index contributed by atoms with van der Waals surface area (Å²) in [5, 5.41) is 7.91. The second kappa shape index (κ2) is 21.6. The predicted octanol–water partition coefficient (Wildman–Crippen LogP) is 20.2. The number of methoxy groups -OCH3 is 1. The van der Waals surface area contributed by atoms with Crippen LogP contribution < -0.4 is 9.61 Å². The smallest absolute Gasteiger partial charge is 0.387 e. The van der Waals surface area contributed by atoms with Gasteiger partial charge in [0.05, 0.1) is 6.61 Å². The minimum absolute atomic E-state index is 0.163. The van der Waals surface area contributed by atoms with Gasteiger partial charge in [-0.1, -0.05) is 221 Å². The number of rotatable bonds is 6. The van der Waals surface area contributed by atoms with E-state index in [2.05, 4.69) is 220 Å². The lowest BCUT2D eigenvalue weighted by Gasteiger charge is -2.48. The van der Waals surface area contributed by atoms with E-state index in [0.29, 0.717) is 0 Å². The van der Waals surface area contributed by atoms with Crippen LogP contribution in [0.1, 0.15) is 223 Å². The molecular weight excluding hydrogens is 1060 g/mol. The molecule has 446 valence electrons. The lowest BCUT2D eigenvalue weighted by atomic mass is 9.77. The van der Waals surface area contributed by atoms with E-state index in [4.69, 9.17) is 40.3 Å². The average molecular weight is 1160 g/mol. The standard InChI is InChI=1S/C70H97NO9P2/c1-63(2,3)41-31-45-46-32-42(64(4,5)6)36-50(68(16,17)18)56(46)77-81(76-55(45)49(35-41)67(13,14)15)71-54-60(59-53(74-62(54)72-25)39-73-61(75-59)40-29-27-26-28-30-40)80-82-78-57-47(33-43(65(7,8)9)37-51(57)69(19,20)21)48-34-44(66(10,11)12)38-52(58(48)79-82)70(22,23)24/h26-38,53-54,59-62,71H,39H2,1-25H3/t53-,54-,59-,60-,61?,62+/m1/s1. The highest BCUT2D eigenvalue weighted by molar-refractivity contribution is 7.38. The third-order valence-corrected chi connectivity index (χ3v) is 18.7. The van der Waals surface area contributed by atoms with Gasteiger partial charge in [0.25, 0.3) is 0 Å². The summed E-state index contributed by atoms with van der Waals surface area (Å²) in [7, 11) is -2.68. The first-order valence-electron chi connectivity index (χ1n) is 29.6. The fraction of sp³-hybridized carbons (Fsp3) is 0.571. The Morgan fingerprint density at radius 1 is 0.439 bits per heavy atom. The van der Waals surface area contributed by atoms with Crippen LogP contribution in [-0.4, -0.2) is 44.4 Å². The molecule has 9 rings (SSSR count). The zero-order chi connectivity index (χ0) is 60.4. The Balaban J connectivity index is 1.38. The van der Waals surface area contributed by atoms with E-state index >= 15 is 0 Å². The van der Waals surface area contributed by atoms with Gasteiger partial charge in [-0.2, -0.15) is 0 Å². The lowest BCUT2D eigenvalue weighted by molar-refractivity contribution is -0.331. The van der Waals surface area contributed by atoms with Crippen LogP contribution >= 0.6 is 16.4 Å². The zero-order valence-corrected chi connectivity index (χ0v) is 56.0. The summed E-state index contributed by atoms with van der Waals surface area (Å²) >= 11 is 0. The summed E-state index contributed by atoms with van der Waals surface area (Å²) in [6, 6.07) is 27.8. The molecule has 4 heterocycles. The predicted molar refractivity (Wildman–Crippen MR) is 341 cm³/mol. The molecule has 5 aromatic carbocycles. The fourth-order valence-corrected chi connectivity index (χ4v) is 13.8. The Bertz CT molecular complexity index is 3410. The van der Waals surface area contributed by atoms with E-state index in [1.807, 2.05) is 30.3 Å². The van der Waals surface area contributed by atoms with Crippen LogP contribution in [0.3, 0.4) is 0 Å². The Labute approximate surface area is 492 Å². The molecule has 0 saturated carbocycles. The van der Waals surface area contributed by atoms with Crippen LogP contribution in [0.15, 0.2) is 95.6 Å². The maximum Gasteiger partial charge on any atom is 0.387 e. The van der Waals surface area contributed by atoms with Crippen LogP contribution in [-0.2, 0) is 62.3 Å². The number of fused-ring (bicyclic) bond motifs is 7. The van der Waals surface area contributed by atoms with Crippen molar-refractivity contribution in [2.45, 2.75) is 246 Å². The number of hydrogen-bond acceptors (Lipinski definition) is 10. The molecule has 0 bridgehead atoms. The molecule has 2 saturated heterocycles. The molecule has 0 amide bonds. The van der Waals surface area contributed by atoms with E-state index in [1.54, 1.807) is 7.11 Å². The molecule has 10 nitrogen and oxygen atoms in total.